The largest absolute Gasteiger partial charge is 0.445 e. The Morgan fingerprint density at radius 3 is 2.44 bits per heavy atom. The number of aliphatic hydroxyl groups excluding tert-OH is 4. The van der Waals surface area contributed by atoms with Gasteiger partial charge in [0.15, 0.2) is 5.78 Å². The third kappa shape index (κ3) is 5.73. The molecule has 0 radical (unpaired) electrons. The minimum absolute atomic E-state index is 0.0178. The summed E-state index contributed by atoms with van der Waals surface area (Å²) in [6.45, 7) is 1.92. The molecular formula is C10H17NO7. The zero-order chi connectivity index (χ0) is 14.1. The SMILES string of the molecule is C=CCOC(=O)NC[C@H](O)[C@@H](O)[C@H](O)C(=O)CO. The van der Waals surface area contributed by atoms with Crippen molar-refractivity contribution in [2.24, 2.45) is 0 Å². The van der Waals surface area contributed by atoms with E-state index in [0.717, 1.165) is 0 Å². The fraction of sp³-hybridized carbons (Fsp3) is 0.600. The highest BCUT2D eigenvalue weighted by Crippen LogP contribution is 2.01. The fourth-order valence-electron chi connectivity index (χ4n) is 0.989. The molecule has 0 rings (SSSR count). The van der Waals surface area contributed by atoms with E-state index in [-0.39, 0.29) is 6.61 Å². The van der Waals surface area contributed by atoms with Crippen LogP contribution in [0.1, 0.15) is 0 Å². The minimum Gasteiger partial charge on any atom is -0.445 e. The number of amides is 1. The van der Waals surface area contributed by atoms with E-state index in [0.29, 0.717) is 0 Å². The molecule has 0 saturated carbocycles. The molecule has 0 spiro atoms. The first-order valence-electron chi connectivity index (χ1n) is 5.13. The Balaban J connectivity index is 4.07. The zero-order valence-corrected chi connectivity index (χ0v) is 9.65. The molecule has 104 valence electrons. The van der Waals surface area contributed by atoms with Crippen LogP contribution in [-0.2, 0) is 9.53 Å². The van der Waals surface area contributed by atoms with E-state index in [1.165, 1.54) is 6.08 Å². The monoisotopic (exact) mass is 263 g/mol. The summed E-state index contributed by atoms with van der Waals surface area (Å²) in [6.07, 6.45) is -4.81. The van der Waals surface area contributed by atoms with Crippen molar-refractivity contribution in [2.75, 3.05) is 19.8 Å². The smallest absolute Gasteiger partial charge is 0.407 e. The number of hydrogen-bond acceptors (Lipinski definition) is 7. The number of nitrogens with one attached hydrogen (secondary N) is 1. The molecule has 0 aromatic heterocycles. The maximum Gasteiger partial charge on any atom is 0.407 e. The van der Waals surface area contributed by atoms with Gasteiger partial charge in [-0.3, -0.25) is 4.79 Å². The van der Waals surface area contributed by atoms with Crippen LogP contribution in [0.2, 0.25) is 0 Å². The fourth-order valence-corrected chi connectivity index (χ4v) is 0.989. The number of Topliss-reactive ketones (excluding diaryl/α,β-unsaturated/α-hetero) is 1. The minimum atomic E-state index is -1.92. The third-order valence-electron chi connectivity index (χ3n) is 1.99. The van der Waals surface area contributed by atoms with E-state index in [1.54, 1.807) is 0 Å². The average molecular weight is 263 g/mol. The second kappa shape index (κ2) is 8.59. The highest BCUT2D eigenvalue weighted by atomic mass is 16.5. The van der Waals surface area contributed by atoms with Gasteiger partial charge in [-0.1, -0.05) is 12.7 Å². The average Bonchev–Trinajstić information content (AvgIpc) is 2.39. The Kier molecular flexibility index (Phi) is 7.88. The van der Waals surface area contributed by atoms with Crippen LogP contribution in [-0.4, -0.2) is 70.4 Å². The molecule has 18 heavy (non-hydrogen) atoms. The molecule has 0 aliphatic heterocycles. The molecule has 5 N–H and O–H groups in total. The lowest BCUT2D eigenvalue weighted by atomic mass is 10.0. The first-order valence-corrected chi connectivity index (χ1v) is 5.13. The van der Waals surface area contributed by atoms with Crippen LogP contribution in [0.3, 0.4) is 0 Å². The lowest BCUT2D eigenvalue weighted by Crippen LogP contribution is -2.48. The molecule has 8 nitrogen and oxygen atoms in total. The maximum absolute atomic E-state index is 10.9. The van der Waals surface area contributed by atoms with Crippen LogP contribution >= 0.6 is 0 Å². The van der Waals surface area contributed by atoms with Crippen molar-refractivity contribution in [2.45, 2.75) is 18.3 Å². The molecule has 0 aromatic rings. The normalized spacial score (nSPS) is 15.3. The number of ketones is 1. The summed E-state index contributed by atoms with van der Waals surface area (Å²) in [5, 5.41) is 38.5. The Hall–Kier alpha value is -1.48. The van der Waals surface area contributed by atoms with Crippen molar-refractivity contribution in [1.29, 1.82) is 0 Å². The van der Waals surface area contributed by atoms with E-state index in [9.17, 15) is 24.9 Å². The Bertz CT molecular complexity index is 294. The summed E-state index contributed by atoms with van der Waals surface area (Å²) in [7, 11) is 0. The Morgan fingerprint density at radius 2 is 1.94 bits per heavy atom. The van der Waals surface area contributed by atoms with E-state index >= 15 is 0 Å². The summed E-state index contributed by atoms with van der Waals surface area (Å²) in [6, 6.07) is 0. The van der Waals surface area contributed by atoms with Crippen molar-refractivity contribution in [3.8, 4) is 0 Å². The molecular weight excluding hydrogens is 246 g/mol. The van der Waals surface area contributed by atoms with Gasteiger partial charge in [-0.25, -0.2) is 4.79 Å². The third-order valence-corrected chi connectivity index (χ3v) is 1.99. The van der Waals surface area contributed by atoms with Gasteiger partial charge in [-0.15, -0.1) is 0 Å². The van der Waals surface area contributed by atoms with Crippen molar-refractivity contribution in [1.82, 2.24) is 5.32 Å². The number of aliphatic hydroxyl groups is 4. The molecule has 0 bridgehead atoms. The van der Waals surface area contributed by atoms with Crippen molar-refractivity contribution in [3.63, 3.8) is 0 Å². The van der Waals surface area contributed by atoms with Gasteiger partial charge in [0.1, 0.15) is 31.5 Å². The maximum atomic E-state index is 10.9. The number of ether oxygens (including phenoxy) is 1. The topological polar surface area (TPSA) is 136 Å². The van der Waals surface area contributed by atoms with Crippen molar-refractivity contribution in [3.05, 3.63) is 12.7 Å². The summed E-state index contributed by atoms with van der Waals surface area (Å²) < 4.78 is 4.52. The molecule has 0 fully saturated rings. The number of alkyl carbamates (subject to hydrolysis) is 1. The predicted octanol–water partition coefficient (Wildman–Crippen LogP) is -2.46. The molecule has 0 unspecified atom stereocenters. The van der Waals surface area contributed by atoms with E-state index in [1.807, 2.05) is 0 Å². The summed E-state index contributed by atoms with van der Waals surface area (Å²) in [5.41, 5.74) is 0. The molecule has 0 aromatic carbocycles. The molecule has 3 atom stereocenters. The Morgan fingerprint density at radius 1 is 1.33 bits per heavy atom. The van der Waals surface area contributed by atoms with Gasteiger partial charge >= 0.3 is 6.09 Å². The zero-order valence-electron chi connectivity index (χ0n) is 9.65. The first kappa shape index (κ1) is 16.5. The Labute approximate surface area is 103 Å². The highest BCUT2D eigenvalue weighted by Gasteiger charge is 2.29. The number of hydrogen-bond donors (Lipinski definition) is 5. The van der Waals surface area contributed by atoms with Crippen LogP contribution in [0.5, 0.6) is 0 Å². The van der Waals surface area contributed by atoms with E-state index in [4.69, 9.17) is 5.11 Å². The lowest BCUT2D eigenvalue weighted by Gasteiger charge is -2.21. The van der Waals surface area contributed by atoms with Gasteiger partial charge in [0.25, 0.3) is 0 Å². The first-order chi connectivity index (χ1) is 8.43. The quantitative estimate of drug-likeness (QED) is 0.306. The molecule has 0 heterocycles. The van der Waals surface area contributed by atoms with Crippen LogP contribution in [0.25, 0.3) is 0 Å². The van der Waals surface area contributed by atoms with Crippen LogP contribution in [0.4, 0.5) is 4.79 Å². The summed E-state index contributed by atoms with van der Waals surface area (Å²) in [4.78, 5) is 21.8. The predicted molar refractivity (Wildman–Crippen MR) is 59.7 cm³/mol. The lowest BCUT2D eigenvalue weighted by molar-refractivity contribution is -0.140. The standard InChI is InChI=1S/C10H17NO7/c1-2-3-18-10(17)11-4-6(13)8(15)9(16)7(14)5-12/h2,6,8-9,12-13,15-16H,1,3-5H2,(H,11,17)/t6-,8+,9+/m0/s1. The summed E-state index contributed by atoms with van der Waals surface area (Å²) in [5.74, 6) is -1.03. The molecule has 0 saturated heterocycles. The second-order valence-corrected chi connectivity index (χ2v) is 3.40. The number of rotatable bonds is 8. The van der Waals surface area contributed by atoms with Gasteiger partial charge < -0.3 is 30.5 Å². The molecule has 8 heteroatoms. The van der Waals surface area contributed by atoms with Gasteiger partial charge in [-0.05, 0) is 0 Å². The van der Waals surface area contributed by atoms with E-state index < -0.39 is 43.3 Å². The number of carbonyl (C=O) groups is 2. The van der Waals surface area contributed by atoms with Crippen LogP contribution in [0, 0.1) is 0 Å². The van der Waals surface area contributed by atoms with Gasteiger partial charge in [0.05, 0.1) is 0 Å². The van der Waals surface area contributed by atoms with Crippen molar-refractivity contribution >= 4 is 11.9 Å². The van der Waals surface area contributed by atoms with E-state index in [2.05, 4.69) is 16.6 Å². The van der Waals surface area contributed by atoms with Crippen LogP contribution < -0.4 is 5.32 Å². The second-order valence-electron chi connectivity index (χ2n) is 3.40. The summed E-state index contributed by atoms with van der Waals surface area (Å²) >= 11 is 0. The van der Waals surface area contributed by atoms with Gasteiger partial charge in [-0.2, -0.15) is 0 Å². The molecule has 0 aliphatic carbocycles. The number of carbonyl (C=O) groups excluding carboxylic acids is 2. The van der Waals surface area contributed by atoms with Gasteiger partial charge in [0.2, 0.25) is 0 Å². The molecule has 1 amide bonds. The highest BCUT2D eigenvalue weighted by molar-refractivity contribution is 5.84. The van der Waals surface area contributed by atoms with Gasteiger partial charge in [0, 0.05) is 6.54 Å². The molecule has 0 aliphatic rings. The van der Waals surface area contributed by atoms with Crippen LogP contribution in [0.15, 0.2) is 12.7 Å². The van der Waals surface area contributed by atoms with Crippen molar-refractivity contribution < 1.29 is 34.8 Å².